The number of hydrogen-bond donors (Lipinski definition) is 1. The molecular formula is C9H17N3O. The monoisotopic (exact) mass is 183 g/mol. The largest absolute Gasteiger partial charge is 0.363 e. The van der Waals surface area contributed by atoms with Crippen LogP contribution in [0.4, 0.5) is 0 Å². The van der Waals surface area contributed by atoms with Crippen LogP contribution < -0.4 is 0 Å². The van der Waals surface area contributed by atoms with Crippen molar-refractivity contribution >= 4 is 0 Å². The Bertz CT molecular complexity index is 221. The molecule has 1 rings (SSSR count). The topological polar surface area (TPSA) is 41.1 Å². The van der Waals surface area contributed by atoms with Crippen LogP contribution in [0.25, 0.3) is 0 Å². The zero-order valence-corrected chi connectivity index (χ0v) is 8.45. The van der Waals surface area contributed by atoms with Gasteiger partial charge in [0.1, 0.15) is 0 Å². The van der Waals surface area contributed by atoms with E-state index in [1.807, 2.05) is 27.0 Å². The van der Waals surface area contributed by atoms with Crippen LogP contribution in [0, 0.1) is 0 Å². The predicted octanol–water partition coefficient (Wildman–Crippen LogP) is 1.22. The highest BCUT2D eigenvalue weighted by molar-refractivity contribution is 4.96. The van der Waals surface area contributed by atoms with Gasteiger partial charge in [-0.1, -0.05) is 0 Å². The SMILES string of the molecule is CC(C)OCN(C)Cc1ccn[nH]1. The Labute approximate surface area is 78.9 Å². The maximum Gasteiger partial charge on any atom is 0.0994 e. The molecule has 13 heavy (non-hydrogen) atoms. The minimum absolute atomic E-state index is 0.282. The van der Waals surface area contributed by atoms with Crippen LogP contribution in [0.15, 0.2) is 12.3 Å². The summed E-state index contributed by atoms with van der Waals surface area (Å²) in [4.78, 5) is 2.09. The van der Waals surface area contributed by atoms with Gasteiger partial charge in [-0.2, -0.15) is 5.10 Å². The van der Waals surface area contributed by atoms with Crippen LogP contribution in [-0.4, -0.2) is 35.0 Å². The van der Waals surface area contributed by atoms with Crippen molar-refractivity contribution in [1.82, 2.24) is 15.1 Å². The number of aromatic amines is 1. The lowest BCUT2D eigenvalue weighted by Gasteiger charge is -2.17. The molecule has 0 saturated heterocycles. The second kappa shape index (κ2) is 4.99. The van der Waals surface area contributed by atoms with Crippen LogP contribution in [0.1, 0.15) is 19.5 Å². The standard InChI is InChI=1S/C9H17N3O/c1-8(2)13-7-12(3)6-9-4-5-10-11-9/h4-5,8H,6-7H2,1-3H3,(H,10,11). The summed E-state index contributed by atoms with van der Waals surface area (Å²) in [5, 5.41) is 6.79. The Morgan fingerprint density at radius 2 is 2.38 bits per heavy atom. The zero-order chi connectivity index (χ0) is 9.68. The Morgan fingerprint density at radius 1 is 1.62 bits per heavy atom. The lowest BCUT2D eigenvalue weighted by Crippen LogP contribution is -2.23. The van der Waals surface area contributed by atoms with Crippen molar-refractivity contribution in [3.05, 3.63) is 18.0 Å². The van der Waals surface area contributed by atoms with E-state index in [1.165, 1.54) is 0 Å². The van der Waals surface area contributed by atoms with E-state index >= 15 is 0 Å². The van der Waals surface area contributed by atoms with Crippen LogP contribution in [0.5, 0.6) is 0 Å². The molecule has 0 aliphatic carbocycles. The molecule has 1 heterocycles. The van der Waals surface area contributed by atoms with E-state index in [2.05, 4.69) is 15.1 Å². The molecule has 0 aliphatic heterocycles. The van der Waals surface area contributed by atoms with E-state index in [4.69, 9.17) is 4.74 Å². The minimum Gasteiger partial charge on any atom is -0.363 e. The number of rotatable bonds is 5. The molecule has 1 N–H and O–H groups in total. The van der Waals surface area contributed by atoms with Crippen molar-refractivity contribution in [2.45, 2.75) is 26.5 Å². The number of ether oxygens (including phenoxy) is 1. The van der Waals surface area contributed by atoms with Gasteiger partial charge in [-0.3, -0.25) is 10.00 Å². The number of hydrogen-bond acceptors (Lipinski definition) is 3. The Morgan fingerprint density at radius 3 is 2.92 bits per heavy atom. The molecule has 0 atom stereocenters. The van der Waals surface area contributed by atoms with E-state index in [0.29, 0.717) is 6.73 Å². The second-order valence-corrected chi connectivity index (χ2v) is 3.44. The third-order valence-corrected chi connectivity index (χ3v) is 1.63. The molecule has 0 bridgehead atoms. The highest BCUT2D eigenvalue weighted by atomic mass is 16.5. The summed E-state index contributed by atoms with van der Waals surface area (Å²) >= 11 is 0. The number of nitrogens with one attached hydrogen (secondary N) is 1. The molecule has 0 saturated carbocycles. The molecule has 0 aliphatic rings. The van der Waals surface area contributed by atoms with Gasteiger partial charge in [-0.25, -0.2) is 0 Å². The molecule has 0 spiro atoms. The average molecular weight is 183 g/mol. The normalized spacial score (nSPS) is 11.5. The summed E-state index contributed by atoms with van der Waals surface area (Å²) < 4.78 is 5.44. The first kappa shape index (κ1) is 10.2. The van der Waals surface area contributed by atoms with Gasteiger partial charge in [0.05, 0.1) is 12.8 Å². The van der Waals surface area contributed by atoms with Gasteiger partial charge in [0.15, 0.2) is 0 Å². The lowest BCUT2D eigenvalue weighted by molar-refractivity contribution is 0.00107. The summed E-state index contributed by atoms with van der Waals surface area (Å²) in [5.41, 5.74) is 1.11. The van der Waals surface area contributed by atoms with Gasteiger partial charge in [0, 0.05) is 18.4 Å². The Kier molecular flexibility index (Phi) is 3.92. The predicted molar refractivity (Wildman–Crippen MR) is 51.1 cm³/mol. The fourth-order valence-electron chi connectivity index (χ4n) is 0.985. The number of aromatic nitrogens is 2. The molecule has 0 unspecified atom stereocenters. The Balaban J connectivity index is 2.22. The maximum atomic E-state index is 5.44. The van der Waals surface area contributed by atoms with Crippen molar-refractivity contribution in [3.63, 3.8) is 0 Å². The molecule has 0 aromatic carbocycles. The molecule has 1 aromatic rings. The first-order valence-corrected chi connectivity index (χ1v) is 4.47. The van der Waals surface area contributed by atoms with Gasteiger partial charge >= 0.3 is 0 Å². The van der Waals surface area contributed by atoms with E-state index in [-0.39, 0.29) is 6.10 Å². The highest BCUT2D eigenvalue weighted by Crippen LogP contribution is 1.98. The van der Waals surface area contributed by atoms with Crippen molar-refractivity contribution in [2.75, 3.05) is 13.8 Å². The fourth-order valence-corrected chi connectivity index (χ4v) is 0.985. The van der Waals surface area contributed by atoms with Crippen molar-refractivity contribution in [2.24, 2.45) is 0 Å². The molecule has 4 heteroatoms. The van der Waals surface area contributed by atoms with Crippen LogP contribution in [-0.2, 0) is 11.3 Å². The zero-order valence-electron chi connectivity index (χ0n) is 8.45. The second-order valence-electron chi connectivity index (χ2n) is 3.44. The third kappa shape index (κ3) is 4.05. The summed E-state index contributed by atoms with van der Waals surface area (Å²) in [6.07, 6.45) is 2.04. The quantitative estimate of drug-likeness (QED) is 0.698. The van der Waals surface area contributed by atoms with Gasteiger partial charge < -0.3 is 4.74 Å². The van der Waals surface area contributed by atoms with E-state index in [0.717, 1.165) is 12.2 Å². The maximum absolute atomic E-state index is 5.44. The van der Waals surface area contributed by atoms with E-state index in [9.17, 15) is 0 Å². The van der Waals surface area contributed by atoms with Crippen molar-refractivity contribution in [1.29, 1.82) is 0 Å². The molecule has 1 aromatic heterocycles. The first-order chi connectivity index (χ1) is 6.18. The minimum atomic E-state index is 0.282. The van der Waals surface area contributed by atoms with Crippen molar-refractivity contribution in [3.8, 4) is 0 Å². The average Bonchev–Trinajstić information content (AvgIpc) is 2.53. The van der Waals surface area contributed by atoms with Crippen LogP contribution in [0.2, 0.25) is 0 Å². The number of nitrogens with zero attached hydrogens (tertiary/aromatic N) is 2. The van der Waals surface area contributed by atoms with Gasteiger partial charge in [0.2, 0.25) is 0 Å². The molecule has 0 radical (unpaired) electrons. The first-order valence-electron chi connectivity index (χ1n) is 4.47. The summed E-state index contributed by atoms with van der Waals surface area (Å²) in [6.45, 7) is 5.55. The van der Waals surface area contributed by atoms with Crippen LogP contribution in [0.3, 0.4) is 0 Å². The molecule has 74 valence electrons. The summed E-state index contributed by atoms with van der Waals surface area (Å²) in [7, 11) is 2.02. The third-order valence-electron chi connectivity index (χ3n) is 1.63. The van der Waals surface area contributed by atoms with Gasteiger partial charge in [-0.05, 0) is 27.0 Å². The summed E-state index contributed by atoms with van der Waals surface area (Å²) in [6, 6.07) is 1.96. The Hall–Kier alpha value is -0.870. The summed E-state index contributed by atoms with van der Waals surface area (Å²) in [5.74, 6) is 0. The lowest BCUT2D eigenvalue weighted by atomic mass is 10.4. The van der Waals surface area contributed by atoms with Crippen molar-refractivity contribution < 1.29 is 4.74 Å². The van der Waals surface area contributed by atoms with Crippen LogP contribution >= 0.6 is 0 Å². The smallest absolute Gasteiger partial charge is 0.0994 e. The fraction of sp³-hybridized carbons (Fsp3) is 0.667. The molecule has 0 amide bonds. The molecule has 4 nitrogen and oxygen atoms in total. The van der Waals surface area contributed by atoms with E-state index in [1.54, 1.807) is 6.20 Å². The van der Waals surface area contributed by atoms with Gasteiger partial charge in [-0.15, -0.1) is 0 Å². The van der Waals surface area contributed by atoms with E-state index < -0.39 is 0 Å². The highest BCUT2D eigenvalue weighted by Gasteiger charge is 2.01. The van der Waals surface area contributed by atoms with Gasteiger partial charge in [0.25, 0.3) is 0 Å². The number of H-pyrrole nitrogens is 1. The molecule has 0 fully saturated rings. The molecular weight excluding hydrogens is 166 g/mol.